The van der Waals surface area contributed by atoms with Crippen LogP contribution in [0.3, 0.4) is 0 Å². The van der Waals surface area contributed by atoms with Crippen LogP contribution in [0.2, 0.25) is 0 Å². The Morgan fingerprint density at radius 2 is 2.07 bits per heavy atom. The van der Waals surface area contributed by atoms with E-state index in [1.807, 2.05) is 0 Å². The van der Waals surface area contributed by atoms with Crippen molar-refractivity contribution >= 4 is 5.91 Å². The summed E-state index contributed by atoms with van der Waals surface area (Å²) in [7, 11) is 1.54. The molecule has 0 heterocycles. The van der Waals surface area contributed by atoms with Gasteiger partial charge in [0.25, 0.3) is 0 Å². The van der Waals surface area contributed by atoms with E-state index < -0.39 is 18.5 Å². The van der Waals surface area contributed by atoms with E-state index >= 15 is 0 Å². The van der Waals surface area contributed by atoms with Gasteiger partial charge < -0.3 is 10.5 Å². The summed E-state index contributed by atoms with van der Waals surface area (Å²) < 4.78 is 17.4. The second kappa shape index (κ2) is 4.60. The molecule has 1 amide bonds. The number of hydrogen-bond acceptors (Lipinski definition) is 2. The van der Waals surface area contributed by atoms with Crippen LogP contribution in [0, 0.1) is 0 Å². The molecule has 3 nitrogen and oxygen atoms in total. The van der Waals surface area contributed by atoms with Crippen molar-refractivity contribution in [1.29, 1.82) is 0 Å². The number of amides is 1. The molecule has 14 heavy (non-hydrogen) atoms. The van der Waals surface area contributed by atoms with E-state index in [1.165, 1.54) is 7.11 Å². The maximum absolute atomic E-state index is 12.4. The van der Waals surface area contributed by atoms with E-state index in [-0.39, 0.29) is 0 Å². The summed E-state index contributed by atoms with van der Waals surface area (Å²) in [5.74, 6) is -0.852. The molecule has 1 unspecified atom stereocenters. The first kappa shape index (κ1) is 10.5. The Morgan fingerprint density at radius 1 is 1.50 bits per heavy atom. The summed E-state index contributed by atoms with van der Waals surface area (Å²) >= 11 is 0. The number of hydrogen-bond donors (Lipinski definition) is 1. The van der Waals surface area contributed by atoms with E-state index in [0.717, 1.165) is 0 Å². The van der Waals surface area contributed by atoms with Gasteiger partial charge in [-0.15, -0.1) is 0 Å². The number of primary amides is 1. The van der Waals surface area contributed by atoms with Crippen molar-refractivity contribution in [2.75, 3.05) is 13.8 Å². The third-order valence-corrected chi connectivity index (χ3v) is 2.02. The predicted molar refractivity (Wildman–Crippen MR) is 50.9 cm³/mol. The van der Waals surface area contributed by atoms with Crippen LogP contribution in [0.5, 0.6) is 5.75 Å². The molecule has 0 fully saturated rings. The first-order valence-electron chi connectivity index (χ1n) is 4.18. The van der Waals surface area contributed by atoms with Crippen LogP contribution in [0.1, 0.15) is 11.5 Å². The first-order valence-corrected chi connectivity index (χ1v) is 4.18. The number of benzene rings is 1. The summed E-state index contributed by atoms with van der Waals surface area (Å²) in [6, 6.07) is 6.60. The van der Waals surface area contributed by atoms with Gasteiger partial charge in [0.2, 0.25) is 5.91 Å². The first-order chi connectivity index (χ1) is 6.69. The van der Waals surface area contributed by atoms with Gasteiger partial charge in [-0.2, -0.15) is 0 Å². The average molecular weight is 197 g/mol. The van der Waals surface area contributed by atoms with Gasteiger partial charge >= 0.3 is 0 Å². The number of carbonyl (C=O) groups excluding carboxylic acids is 1. The molecule has 76 valence electrons. The number of rotatable bonds is 4. The van der Waals surface area contributed by atoms with Crippen LogP contribution in [0.4, 0.5) is 4.39 Å². The third kappa shape index (κ3) is 2.22. The van der Waals surface area contributed by atoms with E-state index in [4.69, 9.17) is 10.5 Å². The number of methoxy groups -OCH3 is 1. The van der Waals surface area contributed by atoms with Crippen molar-refractivity contribution in [2.45, 2.75) is 5.92 Å². The molecule has 1 atom stereocenters. The standard InChI is InChI=1S/C10H12FNO2/c1-14-8-4-2-7(3-5-8)9(6-11)10(12)13/h2-5,9H,6H2,1H3,(H2,12,13). The Balaban J connectivity index is 2.89. The van der Waals surface area contributed by atoms with Gasteiger partial charge in [0.15, 0.2) is 0 Å². The van der Waals surface area contributed by atoms with Crippen LogP contribution in [-0.4, -0.2) is 19.7 Å². The normalized spacial score (nSPS) is 12.1. The molecule has 0 aliphatic carbocycles. The molecule has 1 aromatic rings. The smallest absolute Gasteiger partial charge is 0.227 e. The van der Waals surface area contributed by atoms with Gasteiger partial charge in [0, 0.05) is 0 Å². The molecule has 4 heteroatoms. The van der Waals surface area contributed by atoms with Crippen LogP contribution < -0.4 is 10.5 Å². The summed E-state index contributed by atoms with van der Waals surface area (Å²) in [4.78, 5) is 10.8. The van der Waals surface area contributed by atoms with Gasteiger partial charge in [0.05, 0.1) is 13.0 Å². The van der Waals surface area contributed by atoms with Gasteiger partial charge in [-0.1, -0.05) is 12.1 Å². The molecule has 1 aromatic carbocycles. The fourth-order valence-corrected chi connectivity index (χ4v) is 1.17. The fraction of sp³-hybridized carbons (Fsp3) is 0.300. The van der Waals surface area contributed by atoms with Crippen molar-refractivity contribution < 1.29 is 13.9 Å². The van der Waals surface area contributed by atoms with Crippen molar-refractivity contribution in [3.05, 3.63) is 29.8 Å². The minimum Gasteiger partial charge on any atom is -0.497 e. The number of alkyl halides is 1. The second-order valence-corrected chi connectivity index (χ2v) is 2.88. The van der Waals surface area contributed by atoms with E-state index in [2.05, 4.69) is 0 Å². The molecule has 0 saturated carbocycles. The lowest BCUT2D eigenvalue weighted by atomic mass is 10.00. The zero-order valence-electron chi connectivity index (χ0n) is 7.87. The summed E-state index contributed by atoms with van der Waals surface area (Å²) in [6.45, 7) is -0.776. The van der Waals surface area contributed by atoms with Crippen LogP contribution in [0.15, 0.2) is 24.3 Å². The molecule has 0 spiro atoms. The number of ether oxygens (including phenoxy) is 1. The molecule has 0 aromatic heterocycles. The lowest BCUT2D eigenvalue weighted by molar-refractivity contribution is -0.119. The van der Waals surface area contributed by atoms with Gasteiger partial charge in [-0.25, -0.2) is 4.39 Å². The summed E-state index contributed by atoms with van der Waals surface area (Å²) in [6.07, 6.45) is 0. The Hall–Kier alpha value is -1.58. The van der Waals surface area contributed by atoms with Crippen LogP contribution in [-0.2, 0) is 4.79 Å². The topological polar surface area (TPSA) is 52.3 Å². The maximum atomic E-state index is 12.4. The van der Waals surface area contributed by atoms with Crippen LogP contribution >= 0.6 is 0 Å². The van der Waals surface area contributed by atoms with Crippen molar-refractivity contribution in [3.8, 4) is 5.75 Å². The number of nitrogens with two attached hydrogens (primary N) is 1. The van der Waals surface area contributed by atoms with Crippen molar-refractivity contribution in [2.24, 2.45) is 5.73 Å². The van der Waals surface area contributed by atoms with E-state index in [1.54, 1.807) is 24.3 Å². The SMILES string of the molecule is COc1ccc(C(CF)C(N)=O)cc1. The molecule has 2 N–H and O–H groups in total. The lowest BCUT2D eigenvalue weighted by Crippen LogP contribution is -2.22. The molecular formula is C10H12FNO2. The van der Waals surface area contributed by atoms with Gasteiger partial charge in [-0.3, -0.25) is 4.79 Å². The molecular weight excluding hydrogens is 185 g/mol. The molecule has 0 saturated heterocycles. The van der Waals surface area contributed by atoms with E-state index in [0.29, 0.717) is 11.3 Å². The number of carbonyl (C=O) groups is 1. The Morgan fingerprint density at radius 3 is 2.43 bits per heavy atom. The highest BCUT2D eigenvalue weighted by Crippen LogP contribution is 2.19. The molecule has 0 bridgehead atoms. The van der Waals surface area contributed by atoms with E-state index in [9.17, 15) is 9.18 Å². The lowest BCUT2D eigenvalue weighted by Gasteiger charge is -2.09. The van der Waals surface area contributed by atoms with Crippen LogP contribution in [0.25, 0.3) is 0 Å². The quantitative estimate of drug-likeness (QED) is 0.789. The Kier molecular flexibility index (Phi) is 3.45. The minimum absolute atomic E-state index is 0.570. The predicted octanol–water partition coefficient (Wildman–Crippen LogP) is 1.23. The molecule has 0 aliphatic rings. The Bertz CT molecular complexity index is 310. The highest BCUT2D eigenvalue weighted by Gasteiger charge is 2.17. The number of halogens is 1. The zero-order valence-corrected chi connectivity index (χ0v) is 7.87. The Labute approximate surface area is 81.7 Å². The summed E-state index contributed by atoms with van der Waals surface area (Å²) in [5.41, 5.74) is 5.61. The summed E-state index contributed by atoms with van der Waals surface area (Å²) in [5, 5.41) is 0. The monoisotopic (exact) mass is 197 g/mol. The molecule has 0 aliphatic heterocycles. The highest BCUT2D eigenvalue weighted by molar-refractivity contribution is 5.82. The second-order valence-electron chi connectivity index (χ2n) is 2.88. The average Bonchev–Trinajstić information content (AvgIpc) is 2.19. The molecule has 1 rings (SSSR count). The minimum atomic E-state index is -0.860. The fourth-order valence-electron chi connectivity index (χ4n) is 1.17. The molecule has 0 radical (unpaired) electrons. The van der Waals surface area contributed by atoms with Gasteiger partial charge in [-0.05, 0) is 17.7 Å². The van der Waals surface area contributed by atoms with Crippen molar-refractivity contribution in [3.63, 3.8) is 0 Å². The third-order valence-electron chi connectivity index (χ3n) is 2.02. The van der Waals surface area contributed by atoms with Gasteiger partial charge in [0.1, 0.15) is 12.4 Å². The largest absolute Gasteiger partial charge is 0.497 e. The van der Waals surface area contributed by atoms with Crippen molar-refractivity contribution in [1.82, 2.24) is 0 Å². The zero-order chi connectivity index (χ0) is 10.6. The highest BCUT2D eigenvalue weighted by atomic mass is 19.1. The maximum Gasteiger partial charge on any atom is 0.227 e.